The molecule has 0 aromatic heterocycles. The maximum absolute atomic E-state index is 14.0. The Morgan fingerprint density at radius 1 is 0.935 bits per heavy atom. The van der Waals surface area contributed by atoms with E-state index in [0.717, 1.165) is 6.07 Å². The normalized spacial score (nSPS) is 10.6. The predicted octanol–water partition coefficient (Wildman–Crippen LogP) is 5.36. The molecule has 3 aromatic rings. The molecule has 9 heteroatoms. The van der Waals surface area contributed by atoms with Gasteiger partial charge in [-0.15, -0.1) is 0 Å². The molecule has 0 bridgehead atoms. The fourth-order valence-corrected chi connectivity index (χ4v) is 2.96. The van der Waals surface area contributed by atoms with Crippen molar-refractivity contribution in [2.75, 3.05) is 17.2 Å². The number of ketones is 1. The van der Waals surface area contributed by atoms with Crippen LogP contribution in [0, 0.1) is 5.82 Å². The number of amides is 1. The zero-order valence-corrected chi connectivity index (χ0v) is 16.6. The molecule has 0 saturated carbocycles. The van der Waals surface area contributed by atoms with Crippen LogP contribution < -0.4 is 15.4 Å². The van der Waals surface area contributed by atoms with E-state index in [1.807, 2.05) is 0 Å². The summed E-state index contributed by atoms with van der Waals surface area (Å²) in [7, 11) is 0. The number of para-hydroxylation sites is 2. The van der Waals surface area contributed by atoms with Gasteiger partial charge in [-0.05, 0) is 42.5 Å². The molecule has 3 aromatic carbocycles. The van der Waals surface area contributed by atoms with Gasteiger partial charge in [-0.25, -0.2) is 4.39 Å². The van der Waals surface area contributed by atoms with E-state index in [1.54, 1.807) is 6.07 Å². The third kappa shape index (κ3) is 5.76. The molecule has 1 amide bonds. The van der Waals surface area contributed by atoms with E-state index >= 15 is 0 Å². The summed E-state index contributed by atoms with van der Waals surface area (Å²) in [6.07, 6.45) is 0. The first-order chi connectivity index (χ1) is 14.8. The minimum atomic E-state index is -3.04. The first kappa shape index (κ1) is 22.2. The first-order valence-corrected chi connectivity index (χ1v) is 9.39. The summed E-state index contributed by atoms with van der Waals surface area (Å²) in [5.41, 5.74) is 0.250. The zero-order valence-electron chi connectivity index (χ0n) is 15.9. The molecule has 0 aliphatic carbocycles. The Morgan fingerprint density at radius 3 is 2.39 bits per heavy atom. The highest BCUT2D eigenvalue weighted by molar-refractivity contribution is 6.31. The van der Waals surface area contributed by atoms with Gasteiger partial charge in [-0.1, -0.05) is 35.9 Å². The van der Waals surface area contributed by atoms with Crippen molar-refractivity contribution in [2.45, 2.75) is 6.61 Å². The number of benzene rings is 3. The fraction of sp³-hybridized carbons (Fsp3) is 0.0909. The second-order valence-corrected chi connectivity index (χ2v) is 6.71. The number of nitrogens with one attached hydrogen (secondary N) is 2. The molecular weight excluding hydrogens is 433 g/mol. The number of carbonyl (C=O) groups is 2. The van der Waals surface area contributed by atoms with Gasteiger partial charge in [-0.2, -0.15) is 8.78 Å². The molecule has 160 valence electrons. The van der Waals surface area contributed by atoms with Crippen molar-refractivity contribution >= 4 is 34.7 Å². The van der Waals surface area contributed by atoms with Crippen LogP contribution in [0.15, 0.2) is 66.7 Å². The Bertz CT molecular complexity index is 1110. The molecule has 3 rings (SSSR count). The Labute approximate surface area is 180 Å². The van der Waals surface area contributed by atoms with Crippen molar-refractivity contribution in [3.63, 3.8) is 0 Å². The summed E-state index contributed by atoms with van der Waals surface area (Å²) < 4.78 is 43.4. The van der Waals surface area contributed by atoms with E-state index in [9.17, 15) is 22.8 Å². The van der Waals surface area contributed by atoms with Crippen molar-refractivity contribution in [3.8, 4) is 5.75 Å². The third-order valence-electron chi connectivity index (χ3n) is 4.16. The number of anilines is 2. The van der Waals surface area contributed by atoms with E-state index < -0.39 is 24.1 Å². The molecule has 0 spiro atoms. The van der Waals surface area contributed by atoms with E-state index in [-0.39, 0.29) is 39.8 Å². The first-order valence-electron chi connectivity index (χ1n) is 9.01. The number of hydrogen-bond acceptors (Lipinski definition) is 4. The number of halogens is 4. The lowest BCUT2D eigenvalue weighted by molar-refractivity contribution is -0.114. The van der Waals surface area contributed by atoms with Crippen molar-refractivity contribution in [1.29, 1.82) is 0 Å². The molecule has 0 saturated heterocycles. The molecule has 0 atom stereocenters. The molecule has 0 radical (unpaired) electrons. The minimum absolute atomic E-state index is 0.0633. The van der Waals surface area contributed by atoms with Crippen molar-refractivity contribution < 1.29 is 27.5 Å². The summed E-state index contributed by atoms with van der Waals surface area (Å²) in [4.78, 5) is 25.1. The number of rotatable bonds is 8. The summed E-state index contributed by atoms with van der Waals surface area (Å²) in [5.74, 6) is -2.07. The predicted molar refractivity (Wildman–Crippen MR) is 111 cm³/mol. The van der Waals surface area contributed by atoms with Crippen LogP contribution in [0.1, 0.15) is 15.9 Å². The maximum atomic E-state index is 14.0. The average molecular weight is 449 g/mol. The largest absolute Gasteiger partial charge is 0.433 e. The lowest BCUT2D eigenvalue weighted by Gasteiger charge is -2.14. The van der Waals surface area contributed by atoms with Gasteiger partial charge in [0.05, 0.1) is 17.8 Å². The van der Waals surface area contributed by atoms with E-state index in [4.69, 9.17) is 11.6 Å². The van der Waals surface area contributed by atoms with Gasteiger partial charge in [0.2, 0.25) is 5.91 Å². The average Bonchev–Trinajstić information content (AvgIpc) is 2.74. The quantitative estimate of drug-likeness (QED) is 0.455. The van der Waals surface area contributed by atoms with E-state index in [0.29, 0.717) is 0 Å². The van der Waals surface area contributed by atoms with Gasteiger partial charge in [0.25, 0.3) is 0 Å². The molecule has 2 N–H and O–H groups in total. The van der Waals surface area contributed by atoms with Crippen LogP contribution in [0.4, 0.5) is 24.5 Å². The number of hydrogen-bond donors (Lipinski definition) is 2. The van der Waals surface area contributed by atoms with Gasteiger partial charge in [0.1, 0.15) is 11.6 Å². The summed E-state index contributed by atoms with van der Waals surface area (Å²) in [6.45, 7) is -3.35. The molecule has 0 aliphatic heterocycles. The smallest absolute Gasteiger partial charge is 0.387 e. The third-order valence-corrected chi connectivity index (χ3v) is 4.40. The van der Waals surface area contributed by atoms with Crippen LogP contribution in [-0.2, 0) is 4.79 Å². The van der Waals surface area contributed by atoms with E-state index in [2.05, 4.69) is 15.4 Å². The van der Waals surface area contributed by atoms with Crippen LogP contribution in [-0.4, -0.2) is 24.8 Å². The highest BCUT2D eigenvalue weighted by Gasteiger charge is 2.18. The van der Waals surface area contributed by atoms with Crippen LogP contribution in [0.2, 0.25) is 5.02 Å². The lowest BCUT2D eigenvalue weighted by atomic mass is 10.0. The fourth-order valence-electron chi connectivity index (χ4n) is 2.79. The molecular formula is C22H16ClF3N2O3. The van der Waals surface area contributed by atoms with E-state index in [1.165, 1.54) is 54.6 Å². The summed E-state index contributed by atoms with van der Waals surface area (Å²) in [5, 5.41) is 5.50. The number of ether oxygens (including phenoxy) is 1. The highest BCUT2D eigenvalue weighted by Crippen LogP contribution is 2.26. The Hall–Kier alpha value is -3.52. The lowest BCUT2D eigenvalue weighted by Crippen LogP contribution is -2.23. The molecule has 0 aliphatic rings. The topological polar surface area (TPSA) is 67.4 Å². The second-order valence-electron chi connectivity index (χ2n) is 6.28. The SMILES string of the molecule is O=C(CNc1ccc(Cl)cc1C(=O)c1ccccc1F)Nc1ccccc1OC(F)F. The Kier molecular flexibility index (Phi) is 7.15. The molecule has 0 unspecified atom stereocenters. The molecule has 0 heterocycles. The summed E-state index contributed by atoms with van der Waals surface area (Å²) >= 11 is 5.99. The minimum Gasteiger partial charge on any atom is -0.433 e. The van der Waals surface area contributed by atoms with Crippen molar-refractivity contribution in [3.05, 3.63) is 88.7 Å². The van der Waals surface area contributed by atoms with Crippen LogP contribution >= 0.6 is 11.6 Å². The Balaban J connectivity index is 1.75. The Morgan fingerprint density at radius 2 is 1.65 bits per heavy atom. The molecule has 31 heavy (non-hydrogen) atoms. The number of carbonyl (C=O) groups excluding carboxylic acids is 2. The zero-order chi connectivity index (χ0) is 22.4. The molecule has 0 fully saturated rings. The van der Waals surface area contributed by atoms with Gasteiger partial charge in [0.15, 0.2) is 5.78 Å². The van der Waals surface area contributed by atoms with Crippen LogP contribution in [0.5, 0.6) is 5.75 Å². The molecule has 5 nitrogen and oxygen atoms in total. The monoisotopic (exact) mass is 448 g/mol. The highest BCUT2D eigenvalue weighted by atomic mass is 35.5. The van der Waals surface area contributed by atoms with Crippen LogP contribution in [0.25, 0.3) is 0 Å². The van der Waals surface area contributed by atoms with Crippen molar-refractivity contribution in [1.82, 2.24) is 0 Å². The van der Waals surface area contributed by atoms with Gasteiger partial charge >= 0.3 is 6.61 Å². The van der Waals surface area contributed by atoms with Gasteiger partial charge in [-0.3, -0.25) is 9.59 Å². The second kappa shape index (κ2) is 9.99. The van der Waals surface area contributed by atoms with Crippen molar-refractivity contribution in [2.24, 2.45) is 0 Å². The maximum Gasteiger partial charge on any atom is 0.387 e. The standard InChI is InChI=1S/C22H16ClF3N2O3/c23-13-9-10-17(15(11-13)21(30)14-5-1-2-6-16(14)24)27-12-20(29)28-18-7-3-4-8-19(18)31-22(25)26/h1-11,22,27H,12H2,(H,28,29). The van der Waals surface area contributed by atoms with Gasteiger partial charge in [0, 0.05) is 16.3 Å². The number of alkyl halides is 2. The van der Waals surface area contributed by atoms with Crippen LogP contribution in [0.3, 0.4) is 0 Å². The summed E-state index contributed by atoms with van der Waals surface area (Å²) in [6, 6.07) is 15.6. The van der Waals surface area contributed by atoms with Gasteiger partial charge < -0.3 is 15.4 Å².